The van der Waals surface area contributed by atoms with Gasteiger partial charge in [0.2, 0.25) is 0 Å². The Kier molecular flexibility index (Phi) is 3.98. The largest absolute Gasteiger partial charge is 0.466 e. The number of amides is 1. The van der Waals surface area contributed by atoms with Crippen LogP contribution in [0.3, 0.4) is 0 Å². The van der Waals surface area contributed by atoms with Gasteiger partial charge in [-0.2, -0.15) is 0 Å². The van der Waals surface area contributed by atoms with Crippen molar-refractivity contribution in [2.24, 2.45) is 5.92 Å². The number of esters is 1. The third kappa shape index (κ3) is 2.91. The van der Waals surface area contributed by atoms with E-state index < -0.39 is 5.60 Å². The highest BCUT2D eigenvalue weighted by atomic mass is 16.6. The van der Waals surface area contributed by atoms with E-state index in [1.165, 1.54) is 0 Å². The van der Waals surface area contributed by atoms with Crippen LogP contribution in [0, 0.1) is 5.92 Å². The van der Waals surface area contributed by atoms with E-state index in [9.17, 15) is 9.59 Å². The van der Waals surface area contributed by atoms with E-state index in [1.54, 1.807) is 11.8 Å². The van der Waals surface area contributed by atoms with Gasteiger partial charge in [0, 0.05) is 6.54 Å². The van der Waals surface area contributed by atoms with E-state index >= 15 is 0 Å². The highest BCUT2D eigenvalue weighted by Gasteiger charge is 2.64. The second kappa shape index (κ2) is 5.26. The van der Waals surface area contributed by atoms with Gasteiger partial charge in [0.05, 0.1) is 18.1 Å². The van der Waals surface area contributed by atoms with Gasteiger partial charge in [0.15, 0.2) is 0 Å². The monoisotopic (exact) mass is 283 g/mol. The van der Waals surface area contributed by atoms with Crippen molar-refractivity contribution in [1.82, 2.24) is 4.90 Å². The van der Waals surface area contributed by atoms with Crippen molar-refractivity contribution < 1.29 is 19.1 Å². The van der Waals surface area contributed by atoms with E-state index in [0.717, 1.165) is 19.3 Å². The zero-order valence-corrected chi connectivity index (χ0v) is 12.9. The third-order valence-electron chi connectivity index (χ3n) is 4.01. The van der Waals surface area contributed by atoms with Gasteiger partial charge < -0.3 is 14.4 Å². The Labute approximate surface area is 120 Å². The van der Waals surface area contributed by atoms with Gasteiger partial charge in [0.25, 0.3) is 0 Å². The van der Waals surface area contributed by atoms with Crippen LogP contribution in [-0.2, 0) is 14.3 Å². The van der Waals surface area contributed by atoms with Crippen molar-refractivity contribution in [2.45, 2.75) is 64.5 Å². The molecule has 5 heteroatoms. The summed E-state index contributed by atoms with van der Waals surface area (Å²) in [6.07, 6.45) is 3.30. The maximum atomic E-state index is 12.3. The number of likely N-dealkylation sites (tertiary alicyclic amines) is 1. The molecule has 0 radical (unpaired) electrons. The molecule has 0 bridgehead atoms. The second-order valence-electron chi connectivity index (χ2n) is 6.70. The molecule has 1 spiro atoms. The molecule has 2 atom stereocenters. The van der Waals surface area contributed by atoms with Crippen molar-refractivity contribution in [3.63, 3.8) is 0 Å². The van der Waals surface area contributed by atoms with Crippen molar-refractivity contribution in [3.05, 3.63) is 0 Å². The topological polar surface area (TPSA) is 55.8 Å². The normalized spacial score (nSPS) is 29.2. The van der Waals surface area contributed by atoms with Crippen LogP contribution in [-0.4, -0.2) is 41.3 Å². The minimum absolute atomic E-state index is 0.171. The first-order valence-electron chi connectivity index (χ1n) is 7.47. The lowest BCUT2D eigenvalue weighted by Crippen LogP contribution is -2.49. The molecule has 0 aromatic rings. The average molecular weight is 283 g/mol. The Hall–Kier alpha value is -1.26. The standard InChI is InChI=1S/C15H25NO4/c1-5-19-12(17)11-10-15(11)8-6-7-9-16(15)13(18)20-14(2,3)4/h11H,5-10H2,1-4H3. The Balaban J connectivity index is 2.08. The Morgan fingerprint density at radius 2 is 2.00 bits per heavy atom. The van der Waals surface area contributed by atoms with Crippen LogP contribution in [0.5, 0.6) is 0 Å². The molecule has 1 amide bonds. The SMILES string of the molecule is CCOC(=O)C1CC12CCCCN2C(=O)OC(C)(C)C. The molecule has 5 nitrogen and oxygen atoms in total. The van der Waals surface area contributed by atoms with Gasteiger partial charge in [-0.25, -0.2) is 4.79 Å². The summed E-state index contributed by atoms with van der Waals surface area (Å²) in [4.78, 5) is 26.0. The fourth-order valence-electron chi connectivity index (χ4n) is 3.06. The molecule has 1 aliphatic heterocycles. The molecule has 0 N–H and O–H groups in total. The molecular formula is C15H25NO4. The van der Waals surface area contributed by atoms with E-state index in [2.05, 4.69) is 0 Å². The van der Waals surface area contributed by atoms with Crippen LogP contribution in [0.2, 0.25) is 0 Å². The lowest BCUT2D eigenvalue weighted by Gasteiger charge is -2.37. The molecular weight excluding hydrogens is 258 g/mol. The molecule has 0 aromatic carbocycles. The summed E-state index contributed by atoms with van der Waals surface area (Å²) in [7, 11) is 0. The number of nitrogens with zero attached hydrogens (tertiary/aromatic N) is 1. The van der Waals surface area contributed by atoms with Gasteiger partial charge in [-0.05, 0) is 53.4 Å². The van der Waals surface area contributed by atoms with Crippen molar-refractivity contribution in [1.29, 1.82) is 0 Å². The van der Waals surface area contributed by atoms with Crippen molar-refractivity contribution >= 4 is 12.1 Å². The smallest absolute Gasteiger partial charge is 0.410 e. The molecule has 2 fully saturated rings. The zero-order chi connectivity index (χ0) is 15.0. The summed E-state index contributed by atoms with van der Waals surface area (Å²) in [5.41, 5.74) is -0.850. The van der Waals surface area contributed by atoms with Gasteiger partial charge in [-0.15, -0.1) is 0 Å². The summed E-state index contributed by atoms with van der Waals surface area (Å²) in [6, 6.07) is 0. The highest BCUT2D eigenvalue weighted by Crippen LogP contribution is 2.54. The van der Waals surface area contributed by atoms with E-state index in [-0.39, 0.29) is 23.5 Å². The first-order valence-corrected chi connectivity index (χ1v) is 7.47. The minimum Gasteiger partial charge on any atom is -0.466 e. The maximum Gasteiger partial charge on any atom is 0.410 e. The number of ether oxygens (including phenoxy) is 2. The summed E-state index contributed by atoms with van der Waals surface area (Å²) in [5, 5.41) is 0. The maximum absolute atomic E-state index is 12.3. The Bertz CT molecular complexity index is 401. The minimum atomic E-state index is -0.510. The van der Waals surface area contributed by atoms with Crippen LogP contribution in [0.1, 0.15) is 53.4 Å². The molecule has 1 aliphatic carbocycles. The van der Waals surface area contributed by atoms with Crippen molar-refractivity contribution in [3.8, 4) is 0 Å². The number of carbonyl (C=O) groups excluding carboxylic acids is 2. The lowest BCUT2D eigenvalue weighted by molar-refractivity contribution is -0.146. The lowest BCUT2D eigenvalue weighted by atomic mass is 9.98. The molecule has 1 heterocycles. The van der Waals surface area contributed by atoms with Gasteiger partial charge in [-0.3, -0.25) is 4.79 Å². The van der Waals surface area contributed by atoms with Gasteiger partial charge in [0.1, 0.15) is 5.60 Å². The fraction of sp³-hybridized carbons (Fsp3) is 0.867. The highest BCUT2D eigenvalue weighted by molar-refractivity contribution is 5.81. The number of piperidine rings is 1. The second-order valence-corrected chi connectivity index (χ2v) is 6.70. The summed E-state index contributed by atoms with van der Waals surface area (Å²) in [6.45, 7) is 8.44. The van der Waals surface area contributed by atoms with Gasteiger partial charge in [-0.1, -0.05) is 0 Å². The first kappa shape index (κ1) is 15.1. The molecule has 2 unspecified atom stereocenters. The van der Waals surface area contributed by atoms with Gasteiger partial charge >= 0.3 is 12.1 Å². The van der Waals surface area contributed by atoms with Crippen LogP contribution in [0.15, 0.2) is 0 Å². The summed E-state index contributed by atoms with van der Waals surface area (Å²) >= 11 is 0. The number of carbonyl (C=O) groups is 2. The number of hydrogen-bond acceptors (Lipinski definition) is 4. The zero-order valence-electron chi connectivity index (χ0n) is 12.9. The molecule has 2 aliphatic rings. The fourth-order valence-corrected chi connectivity index (χ4v) is 3.06. The number of hydrogen-bond donors (Lipinski definition) is 0. The van der Waals surface area contributed by atoms with Crippen molar-refractivity contribution in [2.75, 3.05) is 13.2 Å². The Morgan fingerprint density at radius 3 is 2.60 bits per heavy atom. The number of rotatable bonds is 2. The van der Waals surface area contributed by atoms with Crippen LogP contribution >= 0.6 is 0 Å². The van der Waals surface area contributed by atoms with E-state index in [4.69, 9.17) is 9.47 Å². The first-order chi connectivity index (χ1) is 9.30. The predicted octanol–water partition coefficient (Wildman–Crippen LogP) is 2.73. The van der Waals surface area contributed by atoms with E-state index in [0.29, 0.717) is 19.6 Å². The quantitative estimate of drug-likeness (QED) is 0.731. The molecule has 1 saturated heterocycles. The molecule has 0 aromatic heterocycles. The molecule has 114 valence electrons. The summed E-state index contributed by atoms with van der Waals surface area (Å²) in [5.74, 6) is -0.349. The predicted molar refractivity (Wildman–Crippen MR) is 74.3 cm³/mol. The van der Waals surface area contributed by atoms with Crippen LogP contribution in [0.25, 0.3) is 0 Å². The average Bonchev–Trinajstić information content (AvgIpc) is 3.02. The Morgan fingerprint density at radius 1 is 1.30 bits per heavy atom. The van der Waals surface area contributed by atoms with Crippen LogP contribution < -0.4 is 0 Å². The van der Waals surface area contributed by atoms with E-state index in [1.807, 2.05) is 20.8 Å². The molecule has 20 heavy (non-hydrogen) atoms. The summed E-state index contributed by atoms with van der Waals surface area (Å²) < 4.78 is 10.6. The molecule has 1 saturated carbocycles. The van der Waals surface area contributed by atoms with Crippen LogP contribution in [0.4, 0.5) is 4.79 Å². The third-order valence-corrected chi connectivity index (χ3v) is 4.01. The molecule has 2 rings (SSSR count).